The van der Waals surface area contributed by atoms with E-state index in [9.17, 15) is 13.6 Å². The number of nitrogen functional groups attached to an aromatic ring is 1. The number of rotatable bonds is 1. The third-order valence-corrected chi connectivity index (χ3v) is 0.988. The molecule has 11 heavy (non-hydrogen) atoms. The van der Waals surface area contributed by atoms with Crippen molar-refractivity contribution in [2.75, 3.05) is 5.73 Å². The van der Waals surface area contributed by atoms with Crippen LogP contribution in [0.4, 0.5) is 14.7 Å². The van der Waals surface area contributed by atoms with Crippen molar-refractivity contribution in [3.63, 3.8) is 0 Å². The topological polar surface area (TPSA) is 68.9 Å². The average Bonchev–Trinajstić information content (AvgIpc) is 1.85. The number of carbonyl (C=O) groups is 1. The summed E-state index contributed by atoms with van der Waals surface area (Å²) in [4.78, 5) is 15.8. The molecular weight excluding hydrogens is 156 g/mol. The van der Waals surface area contributed by atoms with Crippen molar-refractivity contribution < 1.29 is 13.6 Å². The number of hydrogen-bond acceptors (Lipinski definition) is 4. The maximum Gasteiger partial charge on any atom is 0.231 e. The van der Waals surface area contributed by atoms with Crippen molar-refractivity contribution in [1.82, 2.24) is 9.97 Å². The van der Waals surface area contributed by atoms with E-state index < -0.39 is 23.4 Å². The molecule has 0 amide bonds. The summed E-state index contributed by atoms with van der Waals surface area (Å²) in [5.74, 6) is -3.03. The maximum absolute atomic E-state index is 12.4. The fourth-order valence-electron chi connectivity index (χ4n) is 0.529. The minimum atomic E-state index is -1.25. The summed E-state index contributed by atoms with van der Waals surface area (Å²) in [5.41, 5.74) is 4.06. The van der Waals surface area contributed by atoms with Crippen molar-refractivity contribution >= 4 is 12.2 Å². The van der Waals surface area contributed by atoms with Crippen molar-refractivity contribution in [3.8, 4) is 0 Å². The molecule has 1 heterocycles. The van der Waals surface area contributed by atoms with E-state index >= 15 is 0 Å². The minimum Gasteiger partial charge on any atom is -0.368 e. The fraction of sp³-hybridized carbons (Fsp3) is 0. The van der Waals surface area contributed by atoms with Crippen LogP contribution in [0.2, 0.25) is 0 Å². The molecular formula is C5H3F2N3O. The first-order valence-electron chi connectivity index (χ1n) is 2.59. The predicted octanol–water partition coefficient (Wildman–Crippen LogP) is 0.150. The molecule has 0 aliphatic carbocycles. The van der Waals surface area contributed by atoms with E-state index in [2.05, 4.69) is 9.97 Å². The molecule has 0 aliphatic heterocycles. The van der Waals surface area contributed by atoms with E-state index in [1.807, 2.05) is 0 Å². The largest absolute Gasteiger partial charge is 0.368 e. The zero-order valence-corrected chi connectivity index (χ0v) is 5.21. The Kier molecular flexibility index (Phi) is 1.75. The van der Waals surface area contributed by atoms with Gasteiger partial charge in [0.05, 0.1) is 0 Å². The number of hydrogen-bond donors (Lipinski definition) is 1. The van der Waals surface area contributed by atoms with E-state index in [-0.39, 0.29) is 6.29 Å². The molecule has 0 fully saturated rings. The normalized spacial score (nSPS) is 9.64. The molecule has 1 aromatic rings. The number of aromatic nitrogens is 2. The zero-order valence-electron chi connectivity index (χ0n) is 5.21. The van der Waals surface area contributed by atoms with Crippen molar-refractivity contribution in [2.45, 2.75) is 0 Å². The highest BCUT2D eigenvalue weighted by atomic mass is 19.1. The first-order valence-corrected chi connectivity index (χ1v) is 2.59. The summed E-state index contributed by atoms with van der Waals surface area (Å²) in [6.45, 7) is 0. The number of halogens is 2. The average molecular weight is 159 g/mol. The van der Waals surface area contributed by atoms with Crippen LogP contribution in [-0.2, 0) is 0 Å². The second-order valence-electron chi connectivity index (χ2n) is 1.69. The van der Waals surface area contributed by atoms with Crippen LogP contribution in [0.15, 0.2) is 0 Å². The molecule has 0 bridgehead atoms. The van der Waals surface area contributed by atoms with Gasteiger partial charge in [-0.25, -0.2) is 0 Å². The predicted molar refractivity (Wildman–Crippen MR) is 31.7 cm³/mol. The first-order chi connectivity index (χ1) is 5.15. The Morgan fingerprint density at radius 1 is 1.27 bits per heavy atom. The van der Waals surface area contributed by atoms with Crippen LogP contribution in [0.25, 0.3) is 0 Å². The molecule has 2 N–H and O–H groups in total. The van der Waals surface area contributed by atoms with Gasteiger partial charge in [-0.15, -0.1) is 0 Å². The molecule has 0 radical (unpaired) electrons. The fourth-order valence-corrected chi connectivity index (χ4v) is 0.529. The van der Waals surface area contributed by atoms with Crippen molar-refractivity contribution in [1.29, 1.82) is 0 Å². The molecule has 0 aliphatic rings. The smallest absolute Gasteiger partial charge is 0.231 e. The van der Waals surface area contributed by atoms with Crippen LogP contribution in [0.5, 0.6) is 0 Å². The van der Waals surface area contributed by atoms with Gasteiger partial charge in [-0.3, -0.25) is 4.79 Å². The summed E-state index contributed by atoms with van der Waals surface area (Å²) in [6, 6.07) is 0. The second kappa shape index (κ2) is 2.57. The van der Waals surface area contributed by atoms with Gasteiger partial charge in [0, 0.05) is 0 Å². The lowest BCUT2D eigenvalue weighted by molar-refractivity contribution is 0.111. The van der Waals surface area contributed by atoms with E-state index in [0.29, 0.717) is 0 Å². The lowest BCUT2D eigenvalue weighted by Gasteiger charge is -1.95. The Labute approximate surface area is 60.1 Å². The van der Waals surface area contributed by atoms with Gasteiger partial charge in [-0.05, 0) is 0 Å². The molecule has 58 valence electrons. The third-order valence-electron chi connectivity index (χ3n) is 0.988. The number of carbonyl (C=O) groups excluding carboxylic acids is 1. The maximum atomic E-state index is 12.4. The quantitative estimate of drug-likeness (QED) is 0.467. The summed E-state index contributed by atoms with van der Waals surface area (Å²) < 4.78 is 24.8. The molecule has 0 saturated carbocycles. The van der Waals surface area contributed by atoms with Gasteiger partial charge in [0.15, 0.2) is 6.29 Å². The summed E-state index contributed by atoms with van der Waals surface area (Å²) in [6.07, 6.45) is -0.00981. The lowest BCUT2D eigenvalue weighted by Crippen LogP contribution is -2.05. The Morgan fingerprint density at radius 2 is 1.73 bits per heavy atom. The van der Waals surface area contributed by atoms with Crippen molar-refractivity contribution in [3.05, 3.63) is 17.5 Å². The molecule has 1 aromatic heterocycles. The molecule has 0 atom stereocenters. The van der Waals surface area contributed by atoms with E-state index in [0.717, 1.165) is 0 Å². The standard InChI is InChI=1S/C5H3F2N3O/c6-3-2(1-11)4(7)10-5(8)9-3/h1H,(H2,8,9,10). The third kappa shape index (κ3) is 1.28. The van der Waals surface area contributed by atoms with Gasteiger partial charge in [-0.2, -0.15) is 18.7 Å². The zero-order chi connectivity index (χ0) is 8.43. The van der Waals surface area contributed by atoms with Gasteiger partial charge in [-0.1, -0.05) is 0 Å². The molecule has 0 aromatic carbocycles. The van der Waals surface area contributed by atoms with E-state index in [1.165, 1.54) is 0 Å². The van der Waals surface area contributed by atoms with E-state index in [1.54, 1.807) is 0 Å². The van der Waals surface area contributed by atoms with Crippen LogP contribution in [-0.4, -0.2) is 16.3 Å². The molecule has 0 saturated heterocycles. The number of nitrogens with two attached hydrogens (primary N) is 1. The Morgan fingerprint density at radius 3 is 2.09 bits per heavy atom. The highest BCUT2D eigenvalue weighted by molar-refractivity contribution is 5.74. The Balaban J connectivity index is 3.36. The Bertz CT molecular complexity index is 279. The van der Waals surface area contributed by atoms with Gasteiger partial charge >= 0.3 is 0 Å². The Hall–Kier alpha value is -1.59. The minimum absolute atomic E-state index is 0.00981. The highest BCUT2D eigenvalue weighted by Crippen LogP contribution is 2.06. The second-order valence-corrected chi connectivity index (χ2v) is 1.69. The monoisotopic (exact) mass is 159 g/mol. The molecule has 6 heteroatoms. The first kappa shape index (κ1) is 7.52. The van der Waals surface area contributed by atoms with Gasteiger partial charge in [0.25, 0.3) is 0 Å². The number of anilines is 1. The van der Waals surface area contributed by atoms with Crippen LogP contribution < -0.4 is 5.73 Å². The van der Waals surface area contributed by atoms with E-state index in [4.69, 9.17) is 5.73 Å². The summed E-state index contributed by atoms with van der Waals surface area (Å²) in [7, 11) is 0. The number of nitrogens with zero attached hydrogens (tertiary/aromatic N) is 2. The van der Waals surface area contributed by atoms with Gasteiger partial charge in [0.1, 0.15) is 5.56 Å². The van der Waals surface area contributed by atoms with Crippen LogP contribution >= 0.6 is 0 Å². The lowest BCUT2D eigenvalue weighted by atomic mass is 10.4. The van der Waals surface area contributed by atoms with Crippen LogP contribution in [0.1, 0.15) is 10.4 Å². The van der Waals surface area contributed by atoms with Gasteiger partial charge < -0.3 is 5.73 Å². The van der Waals surface area contributed by atoms with Crippen LogP contribution in [0.3, 0.4) is 0 Å². The SMILES string of the molecule is Nc1nc(F)c(C=O)c(F)n1. The highest BCUT2D eigenvalue weighted by Gasteiger charge is 2.11. The van der Waals surface area contributed by atoms with Crippen molar-refractivity contribution in [2.24, 2.45) is 0 Å². The molecule has 1 rings (SSSR count). The number of aldehydes is 1. The van der Waals surface area contributed by atoms with Gasteiger partial charge in [0.2, 0.25) is 17.8 Å². The molecule has 0 spiro atoms. The molecule has 0 unspecified atom stereocenters. The summed E-state index contributed by atoms with van der Waals surface area (Å²) in [5, 5.41) is 0. The summed E-state index contributed by atoms with van der Waals surface area (Å²) >= 11 is 0. The molecule has 4 nitrogen and oxygen atoms in total. The van der Waals surface area contributed by atoms with Crippen LogP contribution in [0, 0.1) is 11.9 Å².